The summed E-state index contributed by atoms with van der Waals surface area (Å²) in [5.74, 6) is 0. The van der Waals surface area contributed by atoms with Gasteiger partial charge in [-0.1, -0.05) is 39.0 Å². The Morgan fingerprint density at radius 2 is 1.90 bits per heavy atom. The fourth-order valence-electron chi connectivity index (χ4n) is 3.45. The Bertz CT molecular complexity index is 455. The number of anilines is 1. The summed E-state index contributed by atoms with van der Waals surface area (Å²) < 4.78 is 0. The number of rotatable bonds is 4. The zero-order chi connectivity index (χ0) is 14.8. The predicted molar refractivity (Wildman–Crippen MR) is 88.2 cm³/mol. The van der Waals surface area contributed by atoms with Crippen LogP contribution in [-0.2, 0) is 13.0 Å². The molecule has 0 bridgehead atoms. The van der Waals surface area contributed by atoms with E-state index in [1.54, 1.807) is 0 Å². The molecule has 0 saturated heterocycles. The van der Waals surface area contributed by atoms with Gasteiger partial charge in [0.15, 0.2) is 0 Å². The third-order valence-corrected chi connectivity index (χ3v) is 3.89. The first-order valence-corrected chi connectivity index (χ1v) is 7.87. The average molecular weight is 274 g/mol. The number of hydrogen-bond acceptors (Lipinski definition) is 2. The normalized spacial score (nSPS) is 15.7. The lowest BCUT2D eigenvalue weighted by Crippen LogP contribution is -2.42. The summed E-state index contributed by atoms with van der Waals surface area (Å²) in [6.45, 7) is 13.6. The lowest BCUT2D eigenvalue weighted by atomic mass is 9.81. The molecular formula is C18H30N2. The lowest BCUT2D eigenvalue weighted by Gasteiger charge is -2.34. The molecule has 0 aliphatic carbocycles. The molecule has 0 saturated carbocycles. The molecule has 1 heterocycles. The highest BCUT2D eigenvalue weighted by Crippen LogP contribution is 2.29. The van der Waals surface area contributed by atoms with Crippen molar-refractivity contribution in [3.05, 3.63) is 29.3 Å². The summed E-state index contributed by atoms with van der Waals surface area (Å²) >= 11 is 0. The van der Waals surface area contributed by atoms with Crippen molar-refractivity contribution in [3.63, 3.8) is 0 Å². The molecule has 1 aliphatic heterocycles. The molecule has 2 heteroatoms. The molecule has 20 heavy (non-hydrogen) atoms. The van der Waals surface area contributed by atoms with E-state index in [0.29, 0.717) is 5.41 Å². The fourth-order valence-corrected chi connectivity index (χ4v) is 3.45. The molecule has 0 fully saturated rings. The number of aryl methyl sites for hydroxylation is 1. The van der Waals surface area contributed by atoms with Crippen molar-refractivity contribution in [2.45, 2.75) is 66.0 Å². The number of nitrogens with one attached hydrogen (secondary N) is 2. The first-order valence-electron chi connectivity index (χ1n) is 7.87. The number of para-hydroxylation sites is 1. The van der Waals surface area contributed by atoms with Gasteiger partial charge < -0.3 is 10.6 Å². The molecule has 2 rings (SSSR count). The summed E-state index contributed by atoms with van der Waals surface area (Å²) in [7, 11) is 0. The maximum absolute atomic E-state index is 3.74. The zero-order valence-corrected chi connectivity index (χ0v) is 13.8. The molecule has 1 aliphatic rings. The molecule has 2 N–H and O–H groups in total. The largest absolute Gasteiger partial charge is 0.385 e. The van der Waals surface area contributed by atoms with Crippen LogP contribution >= 0.6 is 0 Å². The van der Waals surface area contributed by atoms with Crippen molar-refractivity contribution in [1.29, 1.82) is 0 Å². The van der Waals surface area contributed by atoms with Gasteiger partial charge in [0.1, 0.15) is 0 Å². The molecule has 2 nitrogen and oxygen atoms in total. The van der Waals surface area contributed by atoms with Gasteiger partial charge in [-0.2, -0.15) is 0 Å². The van der Waals surface area contributed by atoms with Crippen LogP contribution in [0.2, 0.25) is 0 Å². The van der Waals surface area contributed by atoms with Crippen LogP contribution in [0.3, 0.4) is 0 Å². The highest BCUT2D eigenvalue weighted by atomic mass is 15.0. The van der Waals surface area contributed by atoms with E-state index in [0.717, 1.165) is 13.1 Å². The lowest BCUT2D eigenvalue weighted by molar-refractivity contribution is 0.241. The monoisotopic (exact) mass is 274 g/mol. The molecule has 0 spiro atoms. The van der Waals surface area contributed by atoms with E-state index in [1.807, 2.05) is 0 Å². The van der Waals surface area contributed by atoms with Crippen molar-refractivity contribution in [3.8, 4) is 0 Å². The number of hydrogen-bond donors (Lipinski definition) is 2. The molecule has 0 amide bonds. The van der Waals surface area contributed by atoms with Crippen LogP contribution in [0.1, 0.15) is 58.6 Å². The molecule has 0 aromatic heterocycles. The van der Waals surface area contributed by atoms with Gasteiger partial charge in [0.05, 0.1) is 0 Å². The Hall–Kier alpha value is -1.02. The van der Waals surface area contributed by atoms with Crippen LogP contribution in [0.5, 0.6) is 0 Å². The Labute approximate surface area is 124 Å². The Balaban J connectivity index is 2.04. The summed E-state index contributed by atoms with van der Waals surface area (Å²) in [5, 5.41) is 7.32. The molecule has 1 aromatic rings. The van der Waals surface area contributed by atoms with Crippen molar-refractivity contribution in [2.24, 2.45) is 5.41 Å². The van der Waals surface area contributed by atoms with Gasteiger partial charge in [-0.05, 0) is 49.7 Å². The van der Waals surface area contributed by atoms with Crippen LogP contribution in [0.15, 0.2) is 18.2 Å². The average Bonchev–Trinajstić information content (AvgIpc) is 2.33. The summed E-state index contributed by atoms with van der Waals surface area (Å²) in [4.78, 5) is 0. The summed E-state index contributed by atoms with van der Waals surface area (Å²) in [5.41, 5.74) is 4.77. The Morgan fingerprint density at radius 1 is 1.15 bits per heavy atom. The molecule has 1 aromatic carbocycles. The smallest absolute Gasteiger partial charge is 0.0418 e. The van der Waals surface area contributed by atoms with Gasteiger partial charge >= 0.3 is 0 Å². The second-order valence-electron chi connectivity index (χ2n) is 7.96. The molecular weight excluding hydrogens is 244 g/mol. The quantitative estimate of drug-likeness (QED) is 0.853. The van der Waals surface area contributed by atoms with Crippen molar-refractivity contribution >= 4 is 5.69 Å². The Morgan fingerprint density at radius 3 is 2.60 bits per heavy atom. The minimum Gasteiger partial charge on any atom is -0.385 e. The topological polar surface area (TPSA) is 24.1 Å². The summed E-state index contributed by atoms with van der Waals surface area (Å²) in [6, 6.07) is 6.70. The van der Waals surface area contributed by atoms with Gasteiger partial charge in [-0.15, -0.1) is 0 Å². The fraction of sp³-hybridized carbons (Fsp3) is 0.667. The second-order valence-corrected chi connectivity index (χ2v) is 7.96. The minimum absolute atomic E-state index is 0.162. The molecule has 0 radical (unpaired) electrons. The van der Waals surface area contributed by atoms with E-state index in [-0.39, 0.29) is 5.54 Å². The van der Waals surface area contributed by atoms with E-state index in [4.69, 9.17) is 0 Å². The molecule has 112 valence electrons. The van der Waals surface area contributed by atoms with Crippen LogP contribution in [0.4, 0.5) is 5.69 Å². The maximum Gasteiger partial charge on any atom is 0.0418 e. The van der Waals surface area contributed by atoms with E-state index in [9.17, 15) is 0 Å². The van der Waals surface area contributed by atoms with Gasteiger partial charge in [0, 0.05) is 24.3 Å². The Kier molecular flexibility index (Phi) is 4.43. The number of benzene rings is 1. The van der Waals surface area contributed by atoms with Crippen LogP contribution in [0, 0.1) is 5.41 Å². The standard InChI is InChI=1S/C18H30N2/c1-17(2,3)13-18(4,5)20-12-15-9-6-8-14-10-7-11-19-16(14)15/h6,8-9,19-20H,7,10-13H2,1-5H3. The molecule has 0 atom stereocenters. The predicted octanol–water partition coefficient (Wildman–Crippen LogP) is 4.35. The first kappa shape index (κ1) is 15.4. The van der Waals surface area contributed by atoms with Crippen molar-refractivity contribution in [1.82, 2.24) is 5.32 Å². The van der Waals surface area contributed by atoms with Crippen molar-refractivity contribution < 1.29 is 0 Å². The van der Waals surface area contributed by atoms with E-state index < -0.39 is 0 Å². The van der Waals surface area contributed by atoms with Gasteiger partial charge in [-0.3, -0.25) is 0 Å². The molecule has 0 unspecified atom stereocenters. The summed E-state index contributed by atoms with van der Waals surface area (Å²) in [6.07, 6.45) is 3.63. The SMILES string of the molecule is CC(C)(C)CC(C)(C)NCc1cccc2c1NCCC2. The van der Waals surface area contributed by atoms with Gasteiger partial charge in [-0.25, -0.2) is 0 Å². The van der Waals surface area contributed by atoms with Crippen molar-refractivity contribution in [2.75, 3.05) is 11.9 Å². The van der Waals surface area contributed by atoms with Gasteiger partial charge in [0.25, 0.3) is 0 Å². The van der Waals surface area contributed by atoms with E-state index in [2.05, 4.69) is 63.5 Å². The highest BCUT2D eigenvalue weighted by Gasteiger charge is 2.25. The van der Waals surface area contributed by atoms with Crippen LogP contribution < -0.4 is 10.6 Å². The van der Waals surface area contributed by atoms with Gasteiger partial charge in [0.2, 0.25) is 0 Å². The van der Waals surface area contributed by atoms with Crippen LogP contribution in [-0.4, -0.2) is 12.1 Å². The first-order chi connectivity index (χ1) is 9.27. The van der Waals surface area contributed by atoms with Crippen LogP contribution in [0.25, 0.3) is 0 Å². The highest BCUT2D eigenvalue weighted by molar-refractivity contribution is 5.59. The maximum atomic E-state index is 3.74. The minimum atomic E-state index is 0.162. The third kappa shape index (κ3) is 4.24. The van der Waals surface area contributed by atoms with E-state index in [1.165, 1.54) is 36.1 Å². The number of fused-ring (bicyclic) bond motifs is 1. The zero-order valence-electron chi connectivity index (χ0n) is 13.8. The second kappa shape index (κ2) is 5.77. The third-order valence-electron chi connectivity index (χ3n) is 3.89. The van der Waals surface area contributed by atoms with E-state index >= 15 is 0 Å².